The first kappa shape index (κ1) is 18.5. The van der Waals surface area contributed by atoms with E-state index in [0.29, 0.717) is 17.0 Å². The highest BCUT2D eigenvalue weighted by atomic mass is 17.2. The molecule has 7 heteroatoms. The fraction of sp³-hybridized carbons (Fsp3) is 0. The summed E-state index contributed by atoms with van der Waals surface area (Å²) in [5.41, 5.74) is 7.12. The minimum Gasteiger partial charge on any atom is -0.423 e. The average Bonchev–Trinajstić information content (AvgIpc) is 2.73. The maximum Gasteiger partial charge on any atom is 0.386 e. The highest BCUT2D eigenvalue weighted by molar-refractivity contribution is 5.91. The number of anilines is 1. The van der Waals surface area contributed by atoms with Crippen LogP contribution in [0.4, 0.5) is 5.69 Å². The summed E-state index contributed by atoms with van der Waals surface area (Å²) in [7, 11) is 0. The van der Waals surface area contributed by atoms with Gasteiger partial charge in [-0.25, -0.2) is 14.5 Å². The van der Waals surface area contributed by atoms with E-state index in [9.17, 15) is 9.59 Å². The van der Waals surface area contributed by atoms with Gasteiger partial charge >= 0.3 is 11.9 Å². The Morgan fingerprint density at radius 1 is 0.750 bits per heavy atom. The van der Waals surface area contributed by atoms with Crippen molar-refractivity contribution < 1.29 is 24.1 Å². The lowest BCUT2D eigenvalue weighted by Gasteiger charge is -2.06. The number of rotatable bonds is 5. The van der Waals surface area contributed by atoms with Crippen molar-refractivity contribution in [2.75, 3.05) is 5.73 Å². The molecule has 0 spiro atoms. The number of esters is 1. The van der Waals surface area contributed by atoms with Crippen molar-refractivity contribution in [3.05, 3.63) is 89.5 Å². The van der Waals surface area contributed by atoms with E-state index in [1.807, 2.05) is 6.07 Å². The number of nitrogen functional groups attached to an aromatic ring is 1. The van der Waals surface area contributed by atoms with Crippen molar-refractivity contribution in [2.45, 2.75) is 0 Å². The Labute approximate surface area is 160 Å². The van der Waals surface area contributed by atoms with Gasteiger partial charge in [0.2, 0.25) is 0 Å². The number of nitriles is 1. The van der Waals surface area contributed by atoms with Gasteiger partial charge in [0.1, 0.15) is 5.75 Å². The zero-order valence-corrected chi connectivity index (χ0v) is 14.5. The molecule has 0 atom stereocenters. The third-order valence-corrected chi connectivity index (χ3v) is 3.64. The number of hydrogen-bond donors (Lipinski definition) is 1. The van der Waals surface area contributed by atoms with Crippen LogP contribution in [0.5, 0.6) is 11.5 Å². The van der Waals surface area contributed by atoms with E-state index < -0.39 is 11.9 Å². The molecule has 138 valence electrons. The van der Waals surface area contributed by atoms with E-state index in [-0.39, 0.29) is 16.9 Å². The van der Waals surface area contributed by atoms with E-state index in [1.165, 1.54) is 48.5 Å². The van der Waals surface area contributed by atoms with Crippen LogP contribution in [0, 0.1) is 11.3 Å². The van der Waals surface area contributed by atoms with Gasteiger partial charge in [-0.05, 0) is 72.8 Å². The molecule has 0 heterocycles. The maximum atomic E-state index is 12.1. The number of carbonyl (C=O) groups excluding carboxylic acids is 2. The summed E-state index contributed by atoms with van der Waals surface area (Å²) in [6.07, 6.45) is 0. The van der Waals surface area contributed by atoms with Crippen LogP contribution < -0.4 is 15.4 Å². The molecule has 7 nitrogen and oxygen atoms in total. The van der Waals surface area contributed by atoms with Crippen molar-refractivity contribution in [1.82, 2.24) is 0 Å². The Bertz CT molecular complexity index is 1020. The van der Waals surface area contributed by atoms with E-state index >= 15 is 0 Å². The zero-order valence-electron chi connectivity index (χ0n) is 14.5. The number of hydrogen-bond acceptors (Lipinski definition) is 7. The Balaban J connectivity index is 1.56. The van der Waals surface area contributed by atoms with Gasteiger partial charge in [0.25, 0.3) is 0 Å². The van der Waals surface area contributed by atoms with Gasteiger partial charge in [0.05, 0.1) is 22.8 Å². The molecule has 0 saturated carbocycles. The zero-order chi connectivity index (χ0) is 19.9. The second-order valence-corrected chi connectivity index (χ2v) is 5.63. The SMILES string of the molecule is N#Cc1ccc(OC(=O)c2ccc(OOC(=O)c3ccc(N)cc3)cc2)cc1. The quantitative estimate of drug-likeness (QED) is 0.239. The third kappa shape index (κ3) is 4.65. The van der Waals surface area contributed by atoms with E-state index in [0.717, 1.165) is 0 Å². The van der Waals surface area contributed by atoms with Crippen LogP contribution in [0.2, 0.25) is 0 Å². The van der Waals surface area contributed by atoms with Crippen molar-refractivity contribution >= 4 is 17.6 Å². The van der Waals surface area contributed by atoms with Gasteiger partial charge in [0, 0.05) is 5.69 Å². The molecule has 0 saturated heterocycles. The summed E-state index contributed by atoms with van der Waals surface area (Å²) in [6, 6.07) is 20.2. The number of nitrogens with two attached hydrogens (primary N) is 1. The smallest absolute Gasteiger partial charge is 0.386 e. The lowest BCUT2D eigenvalue weighted by molar-refractivity contribution is -0.149. The van der Waals surface area contributed by atoms with Crippen LogP contribution in [0.1, 0.15) is 26.3 Å². The van der Waals surface area contributed by atoms with Gasteiger partial charge < -0.3 is 10.5 Å². The van der Waals surface area contributed by atoms with Gasteiger partial charge in [0.15, 0.2) is 5.75 Å². The summed E-state index contributed by atoms with van der Waals surface area (Å²) in [4.78, 5) is 33.7. The minimum absolute atomic E-state index is 0.235. The highest BCUT2D eigenvalue weighted by Crippen LogP contribution is 2.17. The lowest BCUT2D eigenvalue weighted by atomic mass is 10.2. The molecule has 0 unspecified atom stereocenters. The van der Waals surface area contributed by atoms with Crippen LogP contribution in [0.15, 0.2) is 72.8 Å². The average molecular weight is 374 g/mol. The molecule has 0 amide bonds. The molecule has 0 fully saturated rings. The Kier molecular flexibility index (Phi) is 5.53. The molecule has 3 aromatic rings. The van der Waals surface area contributed by atoms with Crippen LogP contribution >= 0.6 is 0 Å². The molecule has 0 radical (unpaired) electrons. The molecule has 0 bridgehead atoms. The van der Waals surface area contributed by atoms with Crippen LogP contribution in [-0.2, 0) is 4.89 Å². The summed E-state index contributed by atoms with van der Waals surface area (Å²) in [5, 5.41) is 8.76. The molecule has 0 aliphatic rings. The first-order valence-electron chi connectivity index (χ1n) is 8.12. The molecule has 3 aromatic carbocycles. The first-order chi connectivity index (χ1) is 13.5. The standard InChI is InChI=1S/C21H14N2O5/c22-13-14-1-9-18(10-2-14)26-20(24)15-5-11-19(12-6-15)27-28-21(25)16-3-7-17(23)8-4-16/h1-12H,23H2. The Morgan fingerprint density at radius 2 is 1.29 bits per heavy atom. The van der Waals surface area contributed by atoms with E-state index in [4.69, 9.17) is 25.5 Å². The normalized spacial score (nSPS) is 9.82. The lowest BCUT2D eigenvalue weighted by Crippen LogP contribution is -2.10. The number of ether oxygens (including phenoxy) is 1. The van der Waals surface area contributed by atoms with Crippen LogP contribution in [0.25, 0.3) is 0 Å². The highest BCUT2D eigenvalue weighted by Gasteiger charge is 2.11. The molecule has 2 N–H and O–H groups in total. The maximum absolute atomic E-state index is 12.1. The van der Waals surface area contributed by atoms with Gasteiger partial charge in [-0.15, -0.1) is 0 Å². The fourth-order valence-corrected chi connectivity index (χ4v) is 2.16. The predicted octanol–water partition coefficient (Wildman–Crippen LogP) is 3.51. The third-order valence-electron chi connectivity index (χ3n) is 3.64. The van der Waals surface area contributed by atoms with Gasteiger partial charge in [-0.3, -0.25) is 4.89 Å². The van der Waals surface area contributed by atoms with Crippen molar-refractivity contribution in [1.29, 1.82) is 5.26 Å². The van der Waals surface area contributed by atoms with Crippen molar-refractivity contribution in [3.63, 3.8) is 0 Å². The second-order valence-electron chi connectivity index (χ2n) is 5.63. The molecule has 28 heavy (non-hydrogen) atoms. The van der Waals surface area contributed by atoms with Crippen LogP contribution in [0.3, 0.4) is 0 Å². The minimum atomic E-state index is -0.677. The van der Waals surface area contributed by atoms with Gasteiger partial charge in [-0.2, -0.15) is 5.26 Å². The largest absolute Gasteiger partial charge is 0.423 e. The fourth-order valence-electron chi connectivity index (χ4n) is 2.16. The predicted molar refractivity (Wildman–Crippen MR) is 99.5 cm³/mol. The summed E-state index contributed by atoms with van der Waals surface area (Å²) in [6.45, 7) is 0. The number of carbonyl (C=O) groups is 2. The molecule has 0 aliphatic carbocycles. The first-order valence-corrected chi connectivity index (χ1v) is 8.12. The van der Waals surface area contributed by atoms with Crippen molar-refractivity contribution in [3.8, 4) is 17.6 Å². The Hall–Kier alpha value is -4.31. The molecular formula is C21H14N2O5. The summed E-state index contributed by atoms with van der Waals surface area (Å²) < 4.78 is 5.22. The number of benzene rings is 3. The van der Waals surface area contributed by atoms with E-state index in [2.05, 4.69) is 0 Å². The van der Waals surface area contributed by atoms with E-state index in [1.54, 1.807) is 24.3 Å². The molecule has 0 aromatic heterocycles. The van der Waals surface area contributed by atoms with Crippen LogP contribution in [-0.4, -0.2) is 11.9 Å². The Morgan fingerprint density at radius 3 is 1.89 bits per heavy atom. The second kappa shape index (κ2) is 8.38. The molecule has 3 rings (SSSR count). The summed E-state index contributed by atoms with van der Waals surface area (Å²) >= 11 is 0. The van der Waals surface area contributed by atoms with Gasteiger partial charge in [-0.1, -0.05) is 0 Å². The summed E-state index contributed by atoms with van der Waals surface area (Å²) in [5.74, 6) is -0.695. The monoisotopic (exact) mass is 374 g/mol. The molecule has 0 aliphatic heterocycles. The molecular weight excluding hydrogens is 360 g/mol. The van der Waals surface area contributed by atoms with Crippen molar-refractivity contribution in [2.24, 2.45) is 0 Å². The topological polar surface area (TPSA) is 112 Å². The number of nitrogens with zero attached hydrogens (tertiary/aromatic N) is 1.